The van der Waals surface area contributed by atoms with E-state index in [2.05, 4.69) is 0 Å². The zero-order valence-corrected chi connectivity index (χ0v) is 9.88. The molecule has 1 aromatic carbocycles. The molecule has 0 aliphatic carbocycles. The van der Waals surface area contributed by atoms with Crippen molar-refractivity contribution in [3.8, 4) is 0 Å². The van der Waals surface area contributed by atoms with Gasteiger partial charge < -0.3 is 10.6 Å². The minimum atomic E-state index is -3.95. The van der Waals surface area contributed by atoms with Gasteiger partial charge in [0.1, 0.15) is 6.67 Å². The maximum atomic E-state index is 12.7. The van der Waals surface area contributed by atoms with Crippen molar-refractivity contribution in [3.05, 3.63) is 17.7 Å². The first-order chi connectivity index (χ1) is 7.27. The molecule has 90 valence electrons. The summed E-state index contributed by atoms with van der Waals surface area (Å²) in [7, 11) is -0.496. The Kier molecular flexibility index (Phi) is 3.39. The van der Waals surface area contributed by atoms with Crippen LogP contribution in [0.4, 0.5) is 15.8 Å². The average Bonchev–Trinajstić information content (AvgIpc) is 2.15. The standard InChI is InChI=1S/C9H14FN3O2S/c1-13(2)8-3-6(5-10)9(4-7(8)11)16(12,14)15/h3-4H,5,11H2,1-2H3,(H2,12,14,15). The van der Waals surface area contributed by atoms with Crippen molar-refractivity contribution in [2.75, 3.05) is 24.7 Å². The summed E-state index contributed by atoms with van der Waals surface area (Å²) in [6.07, 6.45) is 0. The SMILES string of the molecule is CN(C)c1cc(CF)c(S(N)(=O)=O)cc1N. The third-order valence-corrected chi connectivity index (χ3v) is 3.14. The molecule has 0 heterocycles. The Hall–Kier alpha value is -1.34. The molecule has 0 radical (unpaired) electrons. The zero-order valence-electron chi connectivity index (χ0n) is 9.07. The van der Waals surface area contributed by atoms with Crippen LogP contribution in [0.1, 0.15) is 5.56 Å². The molecular weight excluding hydrogens is 233 g/mol. The lowest BCUT2D eigenvalue weighted by molar-refractivity contribution is 0.478. The molecule has 0 spiro atoms. The predicted molar refractivity (Wildman–Crippen MR) is 61.4 cm³/mol. The van der Waals surface area contributed by atoms with Gasteiger partial charge in [0, 0.05) is 19.7 Å². The van der Waals surface area contributed by atoms with Gasteiger partial charge in [0.15, 0.2) is 0 Å². The van der Waals surface area contributed by atoms with Crippen LogP contribution in [0.15, 0.2) is 17.0 Å². The zero-order chi connectivity index (χ0) is 12.5. The summed E-state index contributed by atoms with van der Waals surface area (Å²) in [5.41, 5.74) is 6.47. The lowest BCUT2D eigenvalue weighted by atomic mass is 10.2. The van der Waals surface area contributed by atoms with Gasteiger partial charge in [-0.15, -0.1) is 0 Å². The van der Waals surface area contributed by atoms with E-state index in [1.165, 1.54) is 12.1 Å². The summed E-state index contributed by atoms with van der Waals surface area (Å²) < 4.78 is 35.1. The molecule has 0 saturated heterocycles. The number of nitrogen functional groups attached to an aromatic ring is 1. The molecule has 0 unspecified atom stereocenters. The Balaban J connectivity index is 3.51. The lowest BCUT2D eigenvalue weighted by Gasteiger charge is -2.17. The van der Waals surface area contributed by atoms with Crippen LogP contribution < -0.4 is 15.8 Å². The van der Waals surface area contributed by atoms with Crippen LogP contribution in [-0.2, 0) is 16.7 Å². The monoisotopic (exact) mass is 247 g/mol. The van der Waals surface area contributed by atoms with Gasteiger partial charge in [0.25, 0.3) is 0 Å². The number of alkyl halides is 1. The normalized spacial score (nSPS) is 11.5. The first kappa shape index (κ1) is 12.7. The summed E-state index contributed by atoms with van der Waals surface area (Å²) in [5.74, 6) is 0. The Morgan fingerprint density at radius 3 is 2.31 bits per heavy atom. The second kappa shape index (κ2) is 4.26. The van der Waals surface area contributed by atoms with E-state index in [0.717, 1.165) is 0 Å². The Labute approximate surface area is 93.9 Å². The number of hydrogen-bond acceptors (Lipinski definition) is 4. The fourth-order valence-corrected chi connectivity index (χ4v) is 2.15. The highest BCUT2D eigenvalue weighted by Gasteiger charge is 2.17. The molecule has 16 heavy (non-hydrogen) atoms. The number of nitrogens with two attached hydrogens (primary N) is 2. The maximum absolute atomic E-state index is 12.7. The number of sulfonamides is 1. The van der Waals surface area contributed by atoms with Crippen LogP contribution in [0.3, 0.4) is 0 Å². The molecule has 1 rings (SSSR count). The molecule has 1 aromatic rings. The van der Waals surface area contributed by atoms with E-state index in [9.17, 15) is 12.8 Å². The number of primary sulfonamides is 1. The van der Waals surface area contributed by atoms with Crippen LogP contribution >= 0.6 is 0 Å². The van der Waals surface area contributed by atoms with Crippen molar-refractivity contribution < 1.29 is 12.8 Å². The van der Waals surface area contributed by atoms with Crippen LogP contribution in [0.5, 0.6) is 0 Å². The second-order valence-corrected chi connectivity index (χ2v) is 5.12. The minimum absolute atomic E-state index is 0.0143. The minimum Gasteiger partial charge on any atom is -0.397 e. The maximum Gasteiger partial charge on any atom is 0.238 e. The number of hydrogen-bond donors (Lipinski definition) is 2. The van der Waals surface area contributed by atoms with Crippen molar-refractivity contribution in [1.82, 2.24) is 0 Å². The van der Waals surface area contributed by atoms with Crippen molar-refractivity contribution in [2.45, 2.75) is 11.6 Å². The Bertz CT molecular complexity index is 500. The Morgan fingerprint density at radius 1 is 1.38 bits per heavy atom. The van der Waals surface area contributed by atoms with Crippen LogP contribution in [0, 0.1) is 0 Å². The van der Waals surface area contributed by atoms with Gasteiger partial charge in [-0.05, 0) is 12.1 Å². The van der Waals surface area contributed by atoms with Gasteiger partial charge in [0.05, 0.1) is 16.3 Å². The molecule has 4 N–H and O–H groups in total. The topological polar surface area (TPSA) is 89.4 Å². The molecule has 5 nitrogen and oxygen atoms in total. The number of benzene rings is 1. The summed E-state index contributed by atoms with van der Waals surface area (Å²) in [5, 5.41) is 4.96. The molecule has 0 aliphatic heterocycles. The quantitative estimate of drug-likeness (QED) is 0.759. The van der Waals surface area contributed by atoms with Gasteiger partial charge in [-0.1, -0.05) is 0 Å². The van der Waals surface area contributed by atoms with Crippen LogP contribution in [0.2, 0.25) is 0 Å². The van der Waals surface area contributed by atoms with Crippen molar-refractivity contribution in [2.24, 2.45) is 5.14 Å². The second-order valence-electron chi connectivity index (χ2n) is 3.59. The number of halogens is 1. The first-order valence-electron chi connectivity index (χ1n) is 4.46. The van der Waals surface area contributed by atoms with Gasteiger partial charge in [0.2, 0.25) is 10.0 Å². The van der Waals surface area contributed by atoms with Gasteiger partial charge in [-0.25, -0.2) is 17.9 Å². The number of rotatable bonds is 3. The van der Waals surface area contributed by atoms with E-state index in [1.807, 2.05) is 0 Å². The molecule has 0 aliphatic rings. The van der Waals surface area contributed by atoms with Gasteiger partial charge in [-0.2, -0.15) is 0 Å². The number of anilines is 2. The van der Waals surface area contributed by atoms with Crippen molar-refractivity contribution in [1.29, 1.82) is 0 Å². The third-order valence-electron chi connectivity index (χ3n) is 2.14. The van der Waals surface area contributed by atoms with E-state index in [1.54, 1.807) is 19.0 Å². The summed E-state index contributed by atoms with van der Waals surface area (Å²) in [6.45, 7) is -0.910. The molecular formula is C9H14FN3O2S. The number of nitrogens with zero attached hydrogens (tertiary/aromatic N) is 1. The molecule has 0 amide bonds. The molecule has 0 saturated carbocycles. The predicted octanol–water partition coefficient (Wildman–Crippen LogP) is 0.452. The van der Waals surface area contributed by atoms with E-state index >= 15 is 0 Å². The molecule has 0 fully saturated rings. The third kappa shape index (κ3) is 2.42. The highest BCUT2D eigenvalue weighted by Crippen LogP contribution is 2.28. The van der Waals surface area contributed by atoms with E-state index in [-0.39, 0.29) is 16.1 Å². The van der Waals surface area contributed by atoms with Crippen molar-refractivity contribution >= 4 is 21.4 Å². The molecule has 0 aromatic heterocycles. The molecule has 0 bridgehead atoms. The van der Waals surface area contributed by atoms with Gasteiger partial charge in [-0.3, -0.25) is 0 Å². The Morgan fingerprint density at radius 2 is 1.94 bits per heavy atom. The summed E-state index contributed by atoms with van der Waals surface area (Å²) in [6, 6.07) is 2.56. The first-order valence-corrected chi connectivity index (χ1v) is 6.00. The largest absolute Gasteiger partial charge is 0.397 e. The van der Waals surface area contributed by atoms with E-state index in [4.69, 9.17) is 10.9 Å². The highest BCUT2D eigenvalue weighted by molar-refractivity contribution is 7.89. The van der Waals surface area contributed by atoms with E-state index < -0.39 is 16.7 Å². The average molecular weight is 247 g/mol. The molecule has 0 atom stereocenters. The summed E-state index contributed by atoms with van der Waals surface area (Å²) in [4.78, 5) is 1.40. The van der Waals surface area contributed by atoms with Gasteiger partial charge >= 0.3 is 0 Å². The van der Waals surface area contributed by atoms with Crippen molar-refractivity contribution in [3.63, 3.8) is 0 Å². The fraction of sp³-hybridized carbons (Fsp3) is 0.333. The lowest BCUT2D eigenvalue weighted by Crippen LogP contribution is -2.17. The molecule has 7 heteroatoms. The smallest absolute Gasteiger partial charge is 0.238 e. The fourth-order valence-electron chi connectivity index (χ4n) is 1.38. The summed E-state index contributed by atoms with van der Waals surface area (Å²) >= 11 is 0. The van der Waals surface area contributed by atoms with Crippen LogP contribution in [0.25, 0.3) is 0 Å². The van der Waals surface area contributed by atoms with E-state index in [0.29, 0.717) is 5.69 Å². The highest BCUT2D eigenvalue weighted by atomic mass is 32.2. The van der Waals surface area contributed by atoms with Crippen LogP contribution in [-0.4, -0.2) is 22.5 Å².